The zero-order valence-electron chi connectivity index (χ0n) is 94.2. The molecule has 0 radical (unpaired) electrons. The first kappa shape index (κ1) is 121. The molecule has 0 N–H and O–H groups in total. The lowest BCUT2D eigenvalue weighted by Crippen LogP contribution is -2.55. The second-order valence-electron chi connectivity index (χ2n) is 49.5. The summed E-state index contributed by atoms with van der Waals surface area (Å²) in [6.07, 6.45) is 22.7. The third-order valence-electron chi connectivity index (χ3n) is 32.6. The average molecular weight is 1790 g/mol. The molecule has 12 fully saturated rings. The number of likely N-dealkylation sites (tertiary alicyclic amines) is 10. The molecule has 14 nitrogen and oxygen atoms in total. The van der Waals surface area contributed by atoms with E-state index in [1.165, 1.54) is 266 Å². The Bertz CT molecular complexity index is 2510. The van der Waals surface area contributed by atoms with Crippen LogP contribution in [-0.4, -0.2) is 335 Å². The topological polar surface area (TPSA) is 45.4 Å². The summed E-state index contributed by atoms with van der Waals surface area (Å²) in [5.74, 6) is 13.0. The molecule has 12 aliphatic rings. The first-order chi connectivity index (χ1) is 59.4. The Kier molecular flexibility index (Phi) is 59.9. The van der Waals surface area contributed by atoms with Crippen LogP contribution in [0.25, 0.3) is 0 Å². The van der Waals surface area contributed by atoms with Crippen molar-refractivity contribution >= 4 is 0 Å². The molecular weight excluding hydrogens is 1550 g/mol. The Morgan fingerprint density at radius 2 is 0.496 bits per heavy atom. The maximum Gasteiger partial charge on any atom is 0.0266 e. The molecule has 14 heteroatoms. The molecule has 0 aromatic carbocycles. The van der Waals surface area contributed by atoms with Gasteiger partial charge in [0.1, 0.15) is 0 Å². The molecule has 0 saturated carbocycles. The molecule has 758 valence electrons. The van der Waals surface area contributed by atoms with Gasteiger partial charge in [0.2, 0.25) is 0 Å². The van der Waals surface area contributed by atoms with Gasteiger partial charge in [-0.25, -0.2) is 0 Å². The Morgan fingerprint density at radius 3 is 0.906 bits per heavy atom. The normalized spacial score (nSPS) is 27.6. The summed E-state index contributed by atoms with van der Waals surface area (Å²) in [6.45, 7) is 128. The van der Waals surface area contributed by atoms with E-state index in [1.54, 1.807) is 0 Å². The van der Waals surface area contributed by atoms with Crippen LogP contribution in [-0.2, 0) is 0 Å². The summed E-state index contributed by atoms with van der Waals surface area (Å²) in [5.41, 5.74) is 0. The van der Waals surface area contributed by atoms with E-state index in [1.807, 2.05) is 0 Å². The van der Waals surface area contributed by atoms with Crippen molar-refractivity contribution in [3.05, 3.63) is 0 Å². The fraction of sp³-hybridized carbons (Fsp3) is 1.00. The molecule has 0 aromatic rings. The van der Waals surface area contributed by atoms with E-state index in [0.29, 0.717) is 12.1 Å². The van der Waals surface area contributed by atoms with Crippen LogP contribution in [0.3, 0.4) is 0 Å². The Hall–Kier alpha value is -0.560. The van der Waals surface area contributed by atoms with E-state index in [-0.39, 0.29) is 0 Å². The molecule has 12 saturated heterocycles. The third-order valence-corrected chi connectivity index (χ3v) is 32.6. The van der Waals surface area contributed by atoms with Crippen LogP contribution in [0.15, 0.2) is 0 Å². The van der Waals surface area contributed by atoms with Gasteiger partial charge in [0.15, 0.2) is 0 Å². The van der Waals surface area contributed by atoms with E-state index < -0.39 is 0 Å². The van der Waals surface area contributed by atoms with Crippen LogP contribution in [0.5, 0.6) is 0 Å². The van der Waals surface area contributed by atoms with Gasteiger partial charge >= 0.3 is 0 Å². The fourth-order valence-electron chi connectivity index (χ4n) is 23.4. The second-order valence-corrected chi connectivity index (χ2v) is 49.5. The van der Waals surface area contributed by atoms with Gasteiger partial charge in [-0.05, 0) is 445 Å². The summed E-state index contributed by atoms with van der Waals surface area (Å²) in [6, 6.07) is 12.7. The Balaban J connectivity index is 0.000000365. The highest BCUT2D eigenvalue weighted by atomic mass is 15.3. The predicted octanol–water partition coefficient (Wildman–Crippen LogP) is 24.2. The largest absolute Gasteiger partial charge is 0.301 e. The van der Waals surface area contributed by atoms with E-state index in [2.05, 4.69) is 352 Å². The van der Waals surface area contributed by atoms with Crippen molar-refractivity contribution in [2.24, 2.45) is 82.9 Å². The van der Waals surface area contributed by atoms with Crippen LogP contribution >= 0.6 is 0 Å². The number of rotatable bonds is 23. The summed E-state index contributed by atoms with van der Waals surface area (Å²) >= 11 is 0. The molecule has 0 spiro atoms. The van der Waals surface area contributed by atoms with Gasteiger partial charge < -0.3 is 34.3 Å². The highest BCUT2D eigenvalue weighted by Gasteiger charge is 2.42. The van der Waals surface area contributed by atoms with E-state index in [0.717, 1.165) is 173 Å². The Morgan fingerprint density at radius 1 is 0.189 bits per heavy atom. The molecule has 10 atom stereocenters. The zero-order chi connectivity index (χ0) is 96.0. The number of hydrogen-bond donors (Lipinski definition) is 0. The van der Waals surface area contributed by atoms with Gasteiger partial charge in [-0.3, -0.25) is 34.3 Å². The van der Waals surface area contributed by atoms with Crippen LogP contribution in [0, 0.1) is 82.9 Å². The van der Waals surface area contributed by atoms with Crippen molar-refractivity contribution in [3.63, 3.8) is 0 Å². The minimum absolute atomic E-state index is 0.698. The highest BCUT2D eigenvalue weighted by Crippen LogP contribution is 2.36. The maximum absolute atomic E-state index is 2.73. The zero-order valence-corrected chi connectivity index (χ0v) is 94.2. The van der Waals surface area contributed by atoms with Gasteiger partial charge in [0, 0.05) is 207 Å². The monoisotopic (exact) mass is 1790 g/mol. The summed E-state index contributed by atoms with van der Waals surface area (Å²) in [7, 11) is 0. The van der Waals surface area contributed by atoms with Gasteiger partial charge in [-0.15, -0.1) is 0 Å². The van der Waals surface area contributed by atoms with Gasteiger partial charge in [0.05, 0.1) is 0 Å². The molecular formula is C113H236N14. The quantitative estimate of drug-likeness (QED) is 0.0976. The fourth-order valence-corrected chi connectivity index (χ4v) is 23.4. The van der Waals surface area contributed by atoms with Crippen molar-refractivity contribution in [1.82, 2.24) is 68.6 Å². The van der Waals surface area contributed by atoms with Crippen LogP contribution in [0.2, 0.25) is 0 Å². The van der Waals surface area contributed by atoms with Crippen molar-refractivity contribution in [3.8, 4) is 0 Å². The predicted molar refractivity (Wildman–Crippen MR) is 567 cm³/mol. The van der Waals surface area contributed by atoms with Gasteiger partial charge in [-0.1, -0.05) is 83.1 Å². The first-order valence-corrected chi connectivity index (χ1v) is 55.8. The molecule has 127 heavy (non-hydrogen) atoms. The molecule has 0 aromatic heterocycles. The molecule has 12 rings (SSSR count). The number of hydrogen-bond acceptors (Lipinski definition) is 14. The first-order valence-electron chi connectivity index (χ1n) is 55.8. The second kappa shape index (κ2) is 63.1. The van der Waals surface area contributed by atoms with Crippen LogP contribution in [0.4, 0.5) is 0 Å². The van der Waals surface area contributed by atoms with Crippen molar-refractivity contribution < 1.29 is 0 Å². The van der Waals surface area contributed by atoms with E-state index in [9.17, 15) is 0 Å². The van der Waals surface area contributed by atoms with Crippen molar-refractivity contribution in [2.45, 2.75) is 489 Å². The summed E-state index contributed by atoms with van der Waals surface area (Å²) in [5, 5.41) is 0. The lowest BCUT2D eigenvalue weighted by Gasteiger charge is -2.43. The van der Waals surface area contributed by atoms with E-state index in [4.69, 9.17) is 0 Å². The molecule has 0 bridgehead atoms. The molecule has 0 amide bonds. The third kappa shape index (κ3) is 46.2. The molecule has 10 unspecified atom stereocenters. The lowest BCUT2D eigenvalue weighted by atomic mass is 9.86. The SMILES string of the molecule is CC(C)C1CCCN(C(C)C)C1.CC(C)C1CCN(C(C)C)C1.CC(C)C1CCN(C(C)C)CC1.CC(C)CC1CCCN(C(C)C)C1.CC(C)CC1CCCN1C(C)C.CC(C)CC1CCN(C(C)C)C1.CC(C)N1CC2CCCN(C(C)C)C2C1.CC(C)N1CCC2CN(C(C)C)CC2C1.CC(C)N1CCN(C(C)C)C(C)C1.CC(C)N1CCN(C(C)C)CC1. The average Bonchev–Trinajstić information content (AvgIpc) is 1.67. The molecule has 12 aliphatic heterocycles. The number of piperidine rings is 5. The summed E-state index contributed by atoms with van der Waals surface area (Å²) in [4.78, 5) is 36.7. The van der Waals surface area contributed by atoms with Gasteiger partial charge in [0.25, 0.3) is 0 Å². The standard InChI is InChI=1S/2C13H26N2.C12H25N.C11H24N2.4C11H23N.C10H22N2.C10H21N/c1-10(2)14-6-5-12-7-15(11(3)4)9-13(12)8-14;1-10(2)14-8-12-6-5-7-15(11(3)4)13(12)9-14;1-10(2)8-12-6-5-7-13(9-12)11(3)4;1-9(2)12-6-7-13(10(3)4)11(5)8-12;1-9(2)11-5-7-12(8-6-11)10(3)4;1-9(2)7-11-5-6-12(8-11)10(3)4;1-9(2)11-6-5-7-12(8-11)10(3)4;1-9(2)8-11-6-5-7-12(11)10(3)4;1-9(2)11-5-7-12(8-6-11)10(3)4;1-8(2)10-5-6-11(7-10)9(3)4/h2*10-13H,5-9H2,1-4H3;10-12H,5-9H2,1-4H3;9-11H,6-8H2,1-5H3;4*9-11H,5-8H2,1-4H3;9-10H,5-8H2,1-4H3;8-10H,5-7H2,1-4H3. The minimum Gasteiger partial charge on any atom is -0.301 e. The minimum atomic E-state index is 0.698. The lowest BCUT2D eigenvalue weighted by molar-refractivity contribution is 0.0447. The van der Waals surface area contributed by atoms with E-state index >= 15 is 0 Å². The highest BCUT2D eigenvalue weighted by molar-refractivity contribution is 4.97. The number of nitrogens with zero attached hydrogens (tertiary/aromatic N) is 14. The Labute approximate surface area is 799 Å². The van der Waals surface area contributed by atoms with Crippen molar-refractivity contribution in [1.29, 1.82) is 0 Å². The van der Waals surface area contributed by atoms with Gasteiger partial charge in [-0.2, -0.15) is 0 Å². The molecule has 12 heterocycles. The summed E-state index contributed by atoms with van der Waals surface area (Å²) < 4.78 is 0. The van der Waals surface area contributed by atoms with Crippen molar-refractivity contribution in [2.75, 3.05) is 164 Å². The maximum atomic E-state index is 2.73. The molecule has 0 aliphatic carbocycles. The number of fused-ring (bicyclic) bond motifs is 2. The smallest absolute Gasteiger partial charge is 0.0266 e. The van der Waals surface area contributed by atoms with Crippen LogP contribution < -0.4 is 0 Å². The number of piperazine rings is 2. The van der Waals surface area contributed by atoms with Crippen LogP contribution in [0.1, 0.15) is 387 Å².